The summed E-state index contributed by atoms with van der Waals surface area (Å²) in [6.45, 7) is 9.25. The molecule has 0 bridgehead atoms. The lowest BCUT2D eigenvalue weighted by atomic mass is 9.78. The predicted molar refractivity (Wildman–Crippen MR) is 66.5 cm³/mol. The zero-order valence-electron chi connectivity index (χ0n) is 10.9. The van der Waals surface area contributed by atoms with Crippen LogP contribution in [-0.2, 0) is 15.6 Å². The Kier molecular flexibility index (Phi) is 1.86. The Morgan fingerprint density at radius 2 is 1.94 bits per heavy atom. The number of benzene rings is 1. The van der Waals surface area contributed by atoms with Crippen LogP contribution in [-0.4, -0.2) is 12.6 Å². The molecule has 0 saturated heterocycles. The Labute approximate surface area is 102 Å². The van der Waals surface area contributed by atoms with Crippen molar-refractivity contribution in [3.8, 4) is 0 Å². The van der Waals surface area contributed by atoms with Gasteiger partial charge in [0, 0.05) is 5.41 Å². The van der Waals surface area contributed by atoms with E-state index >= 15 is 0 Å². The van der Waals surface area contributed by atoms with E-state index in [1.54, 1.807) is 0 Å². The van der Waals surface area contributed by atoms with Gasteiger partial charge in [-0.15, -0.1) is 0 Å². The van der Waals surface area contributed by atoms with Crippen LogP contribution >= 0.6 is 0 Å². The molecule has 1 aromatic rings. The van der Waals surface area contributed by atoms with Crippen molar-refractivity contribution in [3.05, 3.63) is 34.4 Å². The maximum absolute atomic E-state index is 12.0. The summed E-state index contributed by atoms with van der Waals surface area (Å²) in [6, 6.07) is 4.24. The summed E-state index contributed by atoms with van der Waals surface area (Å²) in [5.41, 5.74) is 4.59. The Bertz CT molecular complexity index is 528. The summed E-state index contributed by atoms with van der Waals surface area (Å²) in [5, 5.41) is 0. The first kappa shape index (κ1) is 10.8. The normalized spacial score (nSPS) is 28.8. The molecule has 0 N–H and O–H groups in total. The molecule has 0 saturated carbocycles. The summed E-state index contributed by atoms with van der Waals surface area (Å²) >= 11 is 0. The molecule has 17 heavy (non-hydrogen) atoms. The molecule has 1 heterocycles. The minimum atomic E-state index is -0.144. The Balaban J connectivity index is 2.39. The Morgan fingerprint density at radius 1 is 1.24 bits per heavy atom. The van der Waals surface area contributed by atoms with Gasteiger partial charge in [0.25, 0.3) is 0 Å². The summed E-state index contributed by atoms with van der Waals surface area (Å²) in [7, 11) is 0. The van der Waals surface area contributed by atoms with E-state index in [0.717, 1.165) is 17.5 Å². The molecular weight excluding hydrogens is 212 g/mol. The van der Waals surface area contributed by atoms with Gasteiger partial charge in [-0.1, -0.05) is 32.9 Å². The maximum atomic E-state index is 12.0. The van der Waals surface area contributed by atoms with Crippen LogP contribution in [0.25, 0.3) is 0 Å². The first-order valence-corrected chi connectivity index (χ1v) is 6.17. The molecule has 2 nitrogen and oxygen atoms in total. The standard InChI is InChI=1S/C15H18O2/c1-9-5-6-10-12-11(9)13(16)17-8-15(12,4)7-14(10,2)3/h5-6H,7-8H2,1-4H3/t15-/m1/s1. The average Bonchev–Trinajstić information content (AvgIpc) is 2.43. The average molecular weight is 230 g/mol. The predicted octanol–water partition coefficient (Wildman–Crippen LogP) is 3.10. The minimum absolute atomic E-state index is 0.00803. The number of ether oxygens (including phenoxy) is 1. The number of carbonyl (C=O) groups excluding carboxylic acids is 1. The number of aryl methyl sites for hydroxylation is 1. The number of hydrogen-bond acceptors (Lipinski definition) is 2. The summed E-state index contributed by atoms with van der Waals surface area (Å²) < 4.78 is 5.38. The van der Waals surface area contributed by atoms with Crippen LogP contribution in [0, 0.1) is 6.92 Å². The zero-order valence-corrected chi connectivity index (χ0v) is 10.9. The lowest BCUT2D eigenvalue weighted by molar-refractivity contribution is 0.0347. The lowest BCUT2D eigenvalue weighted by Gasteiger charge is -2.32. The minimum Gasteiger partial charge on any atom is -0.461 e. The number of cyclic esters (lactones) is 1. The van der Waals surface area contributed by atoms with Crippen molar-refractivity contribution in [3.63, 3.8) is 0 Å². The van der Waals surface area contributed by atoms with Gasteiger partial charge in [0.2, 0.25) is 0 Å². The van der Waals surface area contributed by atoms with Gasteiger partial charge >= 0.3 is 5.97 Å². The van der Waals surface area contributed by atoms with Crippen molar-refractivity contribution in [1.29, 1.82) is 0 Å². The molecule has 0 amide bonds. The molecule has 0 spiro atoms. The van der Waals surface area contributed by atoms with E-state index in [0.29, 0.717) is 6.61 Å². The van der Waals surface area contributed by atoms with Crippen molar-refractivity contribution in [2.24, 2.45) is 0 Å². The van der Waals surface area contributed by atoms with Gasteiger partial charge in [0.15, 0.2) is 0 Å². The van der Waals surface area contributed by atoms with Gasteiger partial charge in [-0.25, -0.2) is 4.79 Å². The van der Waals surface area contributed by atoms with Crippen LogP contribution in [0.2, 0.25) is 0 Å². The largest absolute Gasteiger partial charge is 0.461 e. The van der Waals surface area contributed by atoms with Crippen molar-refractivity contribution in [2.75, 3.05) is 6.61 Å². The number of carbonyl (C=O) groups is 1. The SMILES string of the molecule is Cc1ccc2c3c1C(=O)OC[C@@]3(C)CC2(C)C. The van der Waals surface area contributed by atoms with Crippen LogP contribution in [0.4, 0.5) is 0 Å². The lowest BCUT2D eigenvalue weighted by Crippen LogP contribution is -2.35. The van der Waals surface area contributed by atoms with E-state index < -0.39 is 0 Å². The van der Waals surface area contributed by atoms with Crippen LogP contribution in [0.3, 0.4) is 0 Å². The molecule has 0 unspecified atom stereocenters. The van der Waals surface area contributed by atoms with Crippen LogP contribution in [0.5, 0.6) is 0 Å². The third kappa shape index (κ3) is 1.24. The molecule has 2 aliphatic rings. The number of esters is 1. The fraction of sp³-hybridized carbons (Fsp3) is 0.533. The fourth-order valence-corrected chi connectivity index (χ4v) is 3.74. The summed E-state index contributed by atoms with van der Waals surface area (Å²) in [4.78, 5) is 12.0. The molecule has 1 atom stereocenters. The Morgan fingerprint density at radius 3 is 2.65 bits per heavy atom. The second-order valence-electron chi connectivity index (χ2n) is 6.38. The zero-order chi connectivity index (χ0) is 12.4. The van der Waals surface area contributed by atoms with Crippen molar-refractivity contribution >= 4 is 5.97 Å². The van der Waals surface area contributed by atoms with Crippen LogP contribution in [0.1, 0.15) is 54.2 Å². The number of hydrogen-bond donors (Lipinski definition) is 0. The highest BCUT2D eigenvalue weighted by Gasteiger charge is 2.50. The Hall–Kier alpha value is -1.31. The van der Waals surface area contributed by atoms with Crippen molar-refractivity contribution in [2.45, 2.75) is 44.9 Å². The monoisotopic (exact) mass is 230 g/mol. The second kappa shape index (κ2) is 2.92. The third-order valence-electron chi connectivity index (χ3n) is 4.30. The van der Waals surface area contributed by atoms with Gasteiger partial charge < -0.3 is 4.74 Å². The second-order valence-corrected chi connectivity index (χ2v) is 6.38. The van der Waals surface area contributed by atoms with Crippen LogP contribution < -0.4 is 0 Å². The molecule has 1 aliphatic carbocycles. The van der Waals surface area contributed by atoms with E-state index in [1.807, 2.05) is 13.0 Å². The van der Waals surface area contributed by atoms with Crippen LogP contribution in [0.15, 0.2) is 12.1 Å². The quantitative estimate of drug-likeness (QED) is 0.640. The molecule has 3 rings (SSSR count). The van der Waals surface area contributed by atoms with E-state index in [4.69, 9.17) is 4.74 Å². The molecule has 0 fully saturated rings. The third-order valence-corrected chi connectivity index (χ3v) is 4.30. The van der Waals surface area contributed by atoms with Gasteiger partial charge in [-0.3, -0.25) is 0 Å². The molecule has 1 aliphatic heterocycles. The summed E-state index contributed by atoms with van der Waals surface area (Å²) in [5.74, 6) is -0.144. The molecule has 2 heteroatoms. The maximum Gasteiger partial charge on any atom is 0.338 e. The first-order valence-electron chi connectivity index (χ1n) is 6.17. The highest BCUT2D eigenvalue weighted by Crippen LogP contribution is 2.53. The molecule has 1 aromatic carbocycles. The molecular formula is C15H18O2. The van der Waals surface area contributed by atoms with E-state index in [2.05, 4.69) is 26.8 Å². The van der Waals surface area contributed by atoms with Gasteiger partial charge in [0.05, 0.1) is 5.56 Å². The van der Waals surface area contributed by atoms with Gasteiger partial charge in [-0.2, -0.15) is 0 Å². The van der Waals surface area contributed by atoms with Crippen molar-refractivity contribution < 1.29 is 9.53 Å². The highest BCUT2D eigenvalue weighted by molar-refractivity contribution is 5.95. The molecule has 0 radical (unpaired) electrons. The molecule has 0 aromatic heterocycles. The fourth-order valence-electron chi connectivity index (χ4n) is 3.74. The number of rotatable bonds is 0. The topological polar surface area (TPSA) is 26.3 Å². The van der Waals surface area contributed by atoms with Crippen molar-refractivity contribution in [1.82, 2.24) is 0 Å². The van der Waals surface area contributed by atoms with Gasteiger partial charge in [-0.05, 0) is 35.4 Å². The summed E-state index contributed by atoms with van der Waals surface area (Å²) in [6.07, 6.45) is 1.05. The van der Waals surface area contributed by atoms with E-state index in [-0.39, 0.29) is 16.8 Å². The first-order chi connectivity index (χ1) is 7.85. The van der Waals surface area contributed by atoms with Gasteiger partial charge in [0.1, 0.15) is 6.61 Å². The van der Waals surface area contributed by atoms with E-state index in [9.17, 15) is 4.79 Å². The smallest absolute Gasteiger partial charge is 0.338 e. The molecule has 90 valence electrons. The van der Waals surface area contributed by atoms with E-state index in [1.165, 1.54) is 11.1 Å². The highest BCUT2D eigenvalue weighted by atomic mass is 16.5.